The number of quaternary nitrogens is 1. The molecular weight excluding hydrogens is 378 g/mol. The lowest BCUT2D eigenvalue weighted by Gasteiger charge is -2.23. The second-order valence-corrected chi connectivity index (χ2v) is 8.79. The normalized spacial score (nSPS) is 15.4. The molecule has 1 aromatic heterocycles. The van der Waals surface area contributed by atoms with Crippen LogP contribution in [0.15, 0.2) is 48.5 Å². The van der Waals surface area contributed by atoms with Crippen molar-refractivity contribution in [1.29, 1.82) is 5.26 Å². The van der Waals surface area contributed by atoms with E-state index in [9.17, 15) is 10.1 Å². The summed E-state index contributed by atoms with van der Waals surface area (Å²) in [4.78, 5) is 15.6. The van der Waals surface area contributed by atoms with Gasteiger partial charge in [-0.3, -0.25) is 4.79 Å². The highest BCUT2D eigenvalue weighted by Crippen LogP contribution is 2.34. The van der Waals surface area contributed by atoms with Gasteiger partial charge in [0.05, 0.1) is 17.0 Å². The quantitative estimate of drug-likeness (QED) is 0.700. The highest BCUT2D eigenvalue weighted by Gasteiger charge is 2.28. The SMILES string of the molecule is Cc1ccc(C)c(C(=O)Nc2sc3c(c2C#N)CC[NH+](Cc2ccccc2)C3)c1. The summed E-state index contributed by atoms with van der Waals surface area (Å²) < 4.78 is 0. The van der Waals surface area contributed by atoms with Gasteiger partial charge in [-0.1, -0.05) is 48.0 Å². The van der Waals surface area contributed by atoms with Crippen molar-refractivity contribution in [2.45, 2.75) is 33.4 Å². The average molecular weight is 403 g/mol. The van der Waals surface area contributed by atoms with Gasteiger partial charge >= 0.3 is 0 Å². The molecule has 1 aliphatic heterocycles. The Kier molecular flexibility index (Phi) is 5.48. The number of anilines is 1. The molecule has 0 spiro atoms. The summed E-state index contributed by atoms with van der Waals surface area (Å²) >= 11 is 1.56. The number of hydrogen-bond donors (Lipinski definition) is 2. The van der Waals surface area contributed by atoms with Crippen molar-refractivity contribution in [3.63, 3.8) is 0 Å². The fourth-order valence-electron chi connectivity index (χ4n) is 3.93. The lowest BCUT2D eigenvalue weighted by Crippen LogP contribution is -3.10. The Morgan fingerprint density at radius 1 is 1.21 bits per heavy atom. The zero-order valence-electron chi connectivity index (χ0n) is 16.7. The predicted molar refractivity (Wildman–Crippen MR) is 116 cm³/mol. The van der Waals surface area contributed by atoms with Crippen LogP contribution < -0.4 is 10.2 Å². The summed E-state index contributed by atoms with van der Waals surface area (Å²) in [6, 6.07) is 18.7. The van der Waals surface area contributed by atoms with Gasteiger partial charge in [0.25, 0.3) is 5.91 Å². The number of benzene rings is 2. The van der Waals surface area contributed by atoms with E-state index in [0.717, 1.165) is 42.7 Å². The average Bonchev–Trinajstić information content (AvgIpc) is 3.06. The fourth-order valence-corrected chi connectivity index (χ4v) is 5.19. The van der Waals surface area contributed by atoms with E-state index in [1.807, 2.05) is 38.1 Å². The van der Waals surface area contributed by atoms with Gasteiger partial charge in [-0.15, -0.1) is 11.3 Å². The molecule has 29 heavy (non-hydrogen) atoms. The lowest BCUT2D eigenvalue weighted by atomic mass is 10.0. The molecule has 146 valence electrons. The van der Waals surface area contributed by atoms with Crippen LogP contribution in [0.25, 0.3) is 0 Å². The zero-order valence-corrected chi connectivity index (χ0v) is 17.5. The minimum Gasteiger partial charge on any atom is -0.326 e. The third kappa shape index (κ3) is 4.09. The number of fused-ring (bicyclic) bond motifs is 1. The first-order chi connectivity index (χ1) is 14.0. The second kappa shape index (κ2) is 8.20. The highest BCUT2D eigenvalue weighted by molar-refractivity contribution is 7.16. The monoisotopic (exact) mass is 402 g/mol. The number of rotatable bonds is 4. The highest BCUT2D eigenvalue weighted by atomic mass is 32.1. The Morgan fingerprint density at radius 3 is 2.76 bits per heavy atom. The maximum Gasteiger partial charge on any atom is 0.256 e. The number of nitrogens with one attached hydrogen (secondary N) is 2. The molecule has 0 radical (unpaired) electrons. The number of carbonyl (C=O) groups is 1. The standard InChI is InChI=1S/C24H23N3OS/c1-16-8-9-17(2)20(12-16)23(28)26-24-21(13-25)19-10-11-27(15-22(19)29-24)14-18-6-4-3-5-7-18/h3-9,12H,10-11,14-15H2,1-2H3,(H,26,28)/p+1. The number of carbonyl (C=O) groups excluding carboxylic acids is 1. The van der Waals surface area contributed by atoms with Crippen LogP contribution in [0.4, 0.5) is 5.00 Å². The molecule has 0 bridgehead atoms. The summed E-state index contributed by atoms with van der Waals surface area (Å²) in [5.74, 6) is -0.144. The van der Waals surface area contributed by atoms with E-state index >= 15 is 0 Å². The van der Waals surface area contributed by atoms with Crippen molar-refractivity contribution >= 4 is 22.2 Å². The number of nitrogens with zero attached hydrogens (tertiary/aromatic N) is 1. The Hall–Kier alpha value is -2.94. The van der Waals surface area contributed by atoms with E-state index in [2.05, 4.69) is 35.7 Å². The number of aryl methyl sites for hydroxylation is 2. The van der Waals surface area contributed by atoms with E-state index in [4.69, 9.17) is 0 Å². The van der Waals surface area contributed by atoms with Gasteiger partial charge in [-0.25, -0.2) is 0 Å². The fraction of sp³-hybridized carbons (Fsp3) is 0.250. The Labute approximate surface area is 175 Å². The van der Waals surface area contributed by atoms with E-state index < -0.39 is 0 Å². The third-order valence-corrected chi connectivity index (χ3v) is 6.65. The maximum atomic E-state index is 12.9. The molecule has 1 unspecified atom stereocenters. The summed E-state index contributed by atoms with van der Waals surface area (Å²) in [7, 11) is 0. The second-order valence-electron chi connectivity index (χ2n) is 7.68. The smallest absolute Gasteiger partial charge is 0.256 e. The summed E-state index contributed by atoms with van der Waals surface area (Å²) in [5.41, 5.74) is 5.73. The molecule has 5 heteroatoms. The van der Waals surface area contributed by atoms with Crippen LogP contribution in [0, 0.1) is 25.2 Å². The first-order valence-corrected chi connectivity index (χ1v) is 10.7. The van der Waals surface area contributed by atoms with Gasteiger partial charge in [0.1, 0.15) is 24.2 Å². The Morgan fingerprint density at radius 2 is 2.00 bits per heavy atom. The van der Waals surface area contributed by atoms with Gasteiger partial charge < -0.3 is 10.2 Å². The van der Waals surface area contributed by atoms with Crippen molar-refractivity contribution in [3.8, 4) is 6.07 Å². The topological polar surface area (TPSA) is 57.3 Å². The van der Waals surface area contributed by atoms with Gasteiger partial charge in [-0.05, 0) is 31.0 Å². The zero-order chi connectivity index (χ0) is 20.4. The largest absolute Gasteiger partial charge is 0.326 e. The molecule has 0 saturated heterocycles. The van der Waals surface area contributed by atoms with Gasteiger partial charge in [0.15, 0.2) is 0 Å². The first kappa shape index (κ1) is 19.4. The lowest BCUT2D eigenvalue weighted by molar-refractivity contribution is -0.929. The summed E-state index contributed by atoms with van der Waals surface area (Å²) in [6.07, 6.45) is 0.871. The Balaban J connectivity index is 1.55. The van der Waals surface area contributed by atoms with E-state index in [1.165, 1.54) is 15.3 Å². The minimum atomic E-state index is -0.144. The van der Waals surface area contributed by atoms with E-state index in [-0.39, 0.29) is 5.91 Å². The summed E-state index contributed by atoms with van der Waals surface area (Å²) in [6.45, 7) is 6.78. The van der Waals surface area contributed by atoms with Gasteiger partial charge in [-0.2, -0.15) is 5.26 Å². The molecule has 2 heterocycles. The number of amides is 1. The van der Waals surface area contributed by atoms with Gasteiger partial charge in [0, 0.05) is 17.5 Å². The molecule has 0 aliphatic carbocycles. The van der Waals surface area contributed by atoms with Crippen molar-refractivity contribution in [2.75, 3.05) is 11.9 Å². The molecule has 0 fully saturated rings. The molecule has 1 aliphatic rings. The van der Waals surface area contributed by atoms with Crippen LogP contribution in [-0.4, -0.2) is 12.5 Å². The molecule has 2 N–H and O–H groups in total. The first-order valence-electron chi connectivity index (χ1n) is 9.86. The van der Waals surface area contributed by atoms with Crippen LogP contribution in [0.1, 0.15) is 43.1 Å². The predicted octanol–water partition coefficient (Wildman–Crippen LogP) is 3.63. The van der Waals surface area contributed by atoms with Crippen molar-refractivity contribution in [2.24, 2.45) is 0 Å². The van der Waals surface area contributed by atoms with Crippen LogP contribution in [0.5, 0.6) is 0 Å². The molecule has 2 aromatic carbocycles. The van der Waals surface area contributed by atoms with Crippen molar-refractivity contribution in [3.05, 3.63) is 86.8 Å². The molecule has 1 atom stereocenters. The van der Waals surface area contributed by atoms with Crippen LogP contribution in [-0.2, 0) is 19.5 Å². The molecule has 4 rings (SSSR count). The molecule has 1 amide bonds. The van der Waals surface area contributed by atoms with Crippen molar-refractivity contribution in [1.82, 2.24) is 0 Å². The number of thiophene rings is 1. The number of nitriles is 1. The van der Waals surface area contributed by atoms with Crippen molar-refractivity contribution < 1.29 is 9.69 Å². The molecule has 0 saturated carbocycles. The molecule has 4 nitrogen and oxygen atoms in total. The van der Waals surface area contributed by atoms with Crippen LogP contribution in [0.2, 0.25) is 0 Å². The third-order valence-electron chi connectivity index (χ3n) is 5.50. The number of hydrogen-bond acceptors (Lipinski definition) is 3. The van der Waals surface area contributed by atoms with Gasteiger partial charge in [0.2, 0.25) is 0 Å². The minimum absolute atomic E-state index is 0.144. The molecule has 3 aromatic rings. The van der Waals surface area contributed by atoms with Crippen LogP contribution >= 0.6 is 11.3 Å². The van der Waals surface area contributed by atoms with E-state index in [1.54, 1.807) is 11.3 Å². The van der Waals surface area contributed by atoms with Crippen LogP contribution in [0.3, 0.4) is 0 Å². The molecular formula is C24H24N3OS+. The maximum absolute atomic E-state index is 12.9. The van der Waals surface area contributed by atoms with E-state index in [0.29, 0.717) is 16.1 Å². The Bertz CT molecular complexity index is 1100. The summed E-state index contributed by atoms with van der Waals surface area (Å²) in [5, 5.41) is 13.4.